The Balaban J connectivity index is 1.54. The highest BCUT2D eigenvalue weighted by atomic mass is 32.2. The summed E-state index contributed by atoms with van der Waals surface area (Å²) in [7, 11) is -3.72. The first-order valence-electron chi connectivity index (χ1n) is 7.45. The van der Waals surface area contributed by atoms with Crippen molar-refractivity contribution >= 4 is 21.1 Å². The Morgan fingerprint density at radius 3 is 2.68 bits per heavy atom. The first-order chi connectivity index (χ1) is 11.9. The summed E-state index contributed by atoms with van der Waals surface area (Å²) in [4.78, 5) is 13.5. The molecule has 0 fully saturated rings. The summed E-state index contributed by atoms with van der Waals surface area (Å²) >= 11 is 0. The Morgan fingerprint density at radius 1 is 1.16 bits per heavy atom. The number of nitrogens with one attached hydrogen (secondary N) is 2. The van der Waals surface area contributed by atoms with Crippen LogP contribution in [0, 0.1) is 5.82 Å². The van der Waals surface area contributed by atoms with Crippen molar-refractivity contribution in [3.63, 3.8) is 0 Å². The SMILES string of the molecule is O=c1[nH]c2ccc(S(=O)(=O)NCCCOc3ccc(F)cc3)cc2o1. The third-order valence-electron chi connectivity index (χ3n) is 3.40. The standard InChI is InChI=1S/C16H15FN2O5S/c17-11-2-4-12(5-3-11)23-9-1-8-18-25(21,22)13-6-7-14-15(10-13)24-16(20)19-14/h2-7,10,18H,1,8-9H2,(H,19,20). The summed E-state index contributed by atoms with van der Waals surface area (Å²) in [6.07, 6.45) is 0.429. The van der Waals surface area contributed by atoms with Crippen LogP contribution in [0.4, 0.5) is 4.39 Å². The van der Waals surface area contributed by atoms with Crippen LogP contribution >= 0.6 is 0 Å². The fourth-order valence-electron chi connectivity index (χ4n) is 2.18. The third kappa shape index (κ3) is 4.25. The van der Waals surface area contributed by atoms with E-state index in [0.29, 0.717) is 17.7 Å². The van der Waals surface area contributed by atoms with Crippen molar-refractivity contribution in [3.8, 4) is 5.75 Å². The van der Waals surface area contributed by atoms with Crippen molar-refractivity contribution in [2.24, 2.45) is 0 Å². The number of fused-ring (bicyclic) bond motifs is 1. The van der Waals surface area contributed by atoms with E-state index in [1.165, 1.54) is 42.5 Å². The molecule has 0 aliphatic carbocycles. The molecule has 0 bridgehead atoms. The molecule has 0 saturated carbocycles. The Labute approximate surface area is 142 Å². The molecule has 7 nitrogen and oxygen atoms in total. The van der Waals surface area contributed by atoms with Gasteiger partial charge >= 0.3 is 5.76 Å². The molecule has 0 spiro atoms. The number of sulfonamides is 1. The van der Waals surface area contributed by atoms with Crippen LogP contribution < -0.4 is 15.2 Å². The number of oxazole rings is 1. The van der Waals surface area contributed by atoms with E-state index in [-0.39, 0.29) is 29.4 Å². The van der Waals surface area contributed by atoms with Gasteiger partial charge in [-0.25, -0.2) is 22.3 Å². The molecule has 2 N–H and O–H groups in total. The van der Waals surface area contributed by atoms with Crippen molar-refractivity contribution in [1.29, 1.82) is 0 Å². The van der Waals surface area contributed by atoms with Gasteiger partial charge in [-0.1, -0.05) is 0 Å². The van der Waals surface area contributed by atoms with Gasteiger partial charge in [0.2, 0.25) is 10.0 Å². The average molecular weight is 366 g/mol. The largest absolute Gasteiger partial charge is 0.494 e. The number of benzene rings is 2. The lowest BCUT2D eigenvalue weighted by atomic mass is 10.3. The van der Waals surface area contributed by atoms with Gasteiger partial charge in [0.05, 0.1) is 17.0 Å². The van der Waals surface area contributed by atoms with Gasteiger partial charge < -0.3 is 9.15 Å². The van der Waals surface area contributed by atoms with Gasteiger partial charge in [-0.2, -0.15) is 0 Å². The molecule has 9 heteroatoms. The highest BCUT2D eigenvalue weighted by molar-refractivity contribution is 7.89. The number of aromatic amines is 1. The molecule has 0 amide bonds. The summed E-state index contributed by atoms with van der Waals surface area (Å²) in [5.41, 5.74) is 0.601. The lowest BCUT2D eigenvalue weighted by Gasteiger charge is -2.08. The van der Waals surface area contributed by atoms with Crippen LogP contribution in [0.2, 0.25) is 0 Å². The van der Waals surface area contributed by atoms with E-state index in [4.69, 9.17) is 9.15 Å². The highest BCUT2D eigenvalue weighted by Crippen LogP contribution is 2.16. The van der Waals surface area contributed by atoms with E-state index in [9.17, 15) is 17.6 Å². The van der Waals surface area contributed by atoms with E-state index in [1.54, 1.807) is 0 Å². The summed E-state index contributed by atoms with van der Waals surface area (Å²) in [6.45, 7) is 0.443. The fraction of sp³-hybridized carbons (Fsp3) is 0.188. The average Bonchev–Trinajstić information content (AvgIpc) is 2.95. The predicted octanol–water partition coefficient (Wildman–Crippen LogP) is 2.01. The summed E-state index contributed by atoms with van der Waals surface area (Å²) in [5, 5.41) is 0. The minimum Gasteiger partial charge on any atom is -0.494 e. The van der Waals surface area contributed by atoms with E-state index < -0.39 is 15.8 Å². The summed E-state index contributed by atoms with van der Waals surface area (Å²) < 4.78 is 49.9. The lowest BCUT2D eigenvalue weighted by molar-refractivity contribution is 0.311. The quantitative estimate of drug-likeness (QED) is 0.623. The van der Waals surface area contributed by atoms with E-state index in [0.717, 1.165) is 0 Å². The van der Waals surface area contributed by atoms with Crippen LogP contribution in [0.15, 0.2) is 56.6 Å². The number of aromatic nitrogens is 1. The van der Waals surface area contributed by atoms with Crippen LogP contribution in [0.3, 0.4) is 0 Å². The summed E-state index contributed by atoms with van der Waals surface area (Å²) in [5.74, 6) is -0.483. The molecule has 132 valence electrons. The number of hydrogen-bond acceptors (Lipinski definition) is 5. The predicted molar refractivity (Wildman–Crippen MR) is 88.5 cm³/mol. The first-order valence-corrected chi connectivity index (χ1v) is 8.93. The minimum atomic E-state index is -3.72. The molecule has 3 aromatic rings. The first kappa shape index (κ1) is 17.2. The smallest absolute Gasteiger partial charge is 0.417 e. The maximum Gasteiger partial charge on any atom is 0.417 e. The molecule has 0 radical (unpaired) electrons. The Bertz CT molecular complexity index is 1020. The second-order valence-corrected chi connectivity index (χ2v) is 6.99. The Hall–Kier alpha value is -2.65. The van der Waals surface area contributed by atoms with Gasteiger partial charge in [-0.3, -0.25) is 4.98 Å². The molecule has 25 heavy (non-hydrogen) atoms. The molecular formula is C16H15FN2O5S. The molecule has 0 atom stereocenters. The second kappa shape index (κ2) is 7.08. The van der Waals surface area contributed by atoms with E-state index in [2.05, 4.69) is 9.71 Å². The zero-order chi connectivity index (χ0) is 17.9. The van der Waals surface area contributed by atoms with Gasteiger partial charge in [-0.05, 0) is 42.8 Å². The van der Waals surface area contributed by atoms with Crippen molar-refractivity contribution in [1.82, 2.24) is 9.71 Å². The maximum atomic E-state index is 12.8. The van der Waals surface area contributed by atoms with Gasteiger partial charge in [-0.15, -0.1) is 0 Å². The van der Waals surface area contributed by atoms with Gasteiger partial charge in [0, 0.05) is 12.6 Å². The molecule has 0 aliphatic rings. The van der Waals surface area contributed by atoms with E-state index in [1.807, 2.05) is 0 Å². The fourth-order valence-corrected chi connectivity index (χ4v) is 3.26. The van der Waals surface area contributed by atoms with Crippen LogP contribution in [0.1, 0.15) is 6.42 Å². The molecule has 1 heterocycles. The van der Waals surface area contributed by atoms with E-state index >= 15 is 0 Å². The maximum absolute atomic E-state index is 12.8. The molecule has 0 aliphatic heterocycles. The van der Waals surface area contributed by atoms with Crippen molar-refractivity contribution in [3.05, 3.63) is 58.8 Å². The molecule has 2 aromatic carbocycles. The van der Waals surface area contributed by atoms with Gasteiger partial charge in [0.15, 0.2) is 5.58 Å². The molecular weight excluding hydrogens is 351 g/mol. The number of rotatable bonds is 7. The third-order valence-corrected chi connectivity index (χ3v) is 4.86. The summed E-state index contributed by atoms with van der Waals surface area (Å²) in [6, 6.07) is 9.70. The highest BCUT2D eigenvalue weighted by Gasteiger charge is 2.15. The number of halogens is 1. The van der Waals surface area contributed by atoms with Crippen molar-refractivity contribution in [2.75, 3.05) is 13.2 Å². The molecule has 3 rings (SSSR count). The zero-order valence-electron chi connectivity index (χ0n) is 13.0. The van der Waals surface area contributed by atoms with Crippen molar-refractivity contribution < 1.29 is 22.0 Å². The zero-order valence-corrected chi connectivity index (χ0v) is 13.8. The number of H-pyrrole nitrogens is 1. The van der Waals surface area contributed by atoms with Crippen molar-refractivity contribution in [2.45, 2.75) is 11.3 Å². The lowest BCUT2D eigenvalue weighted by Crippen LogP contribution is -2.25. The number of hydrogen-bond donors (Lipinski definition) is 2. The van der Waals surface area contributed by atoms with Gasteiger partial charge in [0.1, 0.15) is 11.6 Å². The normalized spacial score (nSPS) is 11.7. The Morgan fingerprint density at radius 2 is 1.92 bits per heavy atom. The number of ether oxygens (including phenoxy) is 1. The van der Waals surface area contributed by atoms with Gasteiger partial charge in [0.25, 0.3) is 0 Å². The molecule has 1 aromatic heterocycles. The van der Waals surface area contributed by atoms with Crippen LogP contribution in [-0.4, -0.2) is 26.6 Å². The molecule has 0 unspecified atom stereocenters. The van der Waals surface area contributed by atoms with Crippen LogP contribution in [0.5, 0.6) is 5.75 Å². The topological polar surface area (TPSA) is 101 Å². The van der Waals surface area contributed by atoms with Crippen LogP contribution in [0.25, 0.3) is 11.1 Å². The Kier molecular flexibility index (Phi) is 4.86. The molecule has 0 saturated heterocycles. The second-order valence-electron chi connectivity index (χ2n) is 5.23. The monoisotopic (exact) mass is 366 g/mol. The van der Waals surface area contributed by atoms with Crippen LogP contribution in [-0.2, 0) is 10.0 Å². The minimum absolute atomic E-state index is 0.00204.